The molecular weight excluding hydrogens is 384 g/mol. The van der Waals surface area contributed by atoms with E-state index in [4.69, 9.17) is 11.6 Å². The van der Waals surface area contributed by atoms with Crippen LogP contribution in [0.4, 0.5) is 10.8 Å². The molecule has 0 unspecified atom stereocenters. The summed E-state index contributed by atoms with van der Waals surface area (Å²) in [5.41, 5.74) is 2.36. The topological polar surface area (TPSA) is 84.0 Å². The summed E-state index contributed by atoms with van der Waals surface area (Å²) >= 11 is 7.48. The number of thiazole rings is 1. The van der Waals surface area contributed by atoms with Gasteiger partial charge in [-0.05, 0) is 36.4 Å². The smallest absolute Gasteiger partial charge is 0.257 e. The van der Waals surface area contributed by atoms with Gasteiger partial charge in [0.15, 0.2) is 5.13 Å². The Balaban J connectivity index is 1.66. The molecule has 6 nitrogen and oxygen atoms in total. The molecule has 4 rings (SSSR count). The van der Waals surface area contributed by atoms with Crippen LogP contribution in [-0.2, 0) is 4.79 Å². The van der Waals surface area contributed by atoms with E-state index in [1.54, 1.807) is 36.5 Å². The highest BCUT2D eigenvalue weighted by Gasteiger charge is 2.14. The van der Waals surface area contributed by atoms with E-state index in [0.29, 0.717) is 26.9 Å². The second-order valence-corrected chi connectivity index (χ2v) is 7.33. The standard InChI is InChI=1S/C19H13ClN4O2S/c1-10(25)22-19-24-15-5-4-13(9-16(15)27-19)23-18(26)14-8-12(20)7-11-3-2-6-21-17(11)14/h2-9H,1H3,(H,23,26)(H,22,24,25). The van der Waals surface area contributed by atoms with Crippen molar-refractivity contribution in [3.05, 3.63) is 59.2 Å². The molecule has 8 heteroatoms. The monoisotopic (exact) mass is 396 g/mol. The van der Waals surface area contributed by atoms with Crippen molar-refractivity contribution in [2.75, 3.05) is 10.6 Å². The van der Waals surface area contributed by atoms with E-state index in [-0.39, 0.29) is 11.8 Å². The van der Waals surface area contributed by atoms with Crippen LogP contribution in [0.2, 0.25) is 5.02 Å². The molecule has 2 N–H and O–H groups in total. The Kier molecular flexibility index (Phi) is 4.47. The molecule has 0 spiro atoms. The Bertz CT molecular complexity index is 1200. The van der Waals surface area contributed by atoms with E-state index in [1.807, 2.05) is 12.1 Å². The van der Waals surface area contributed by atoms with Gasteiger partial charge in [-0.1, -0.05) is 29.0 Å². The number of anilines is 2. The maximum atomic E-state index is 12.8. The van der Waals surface area contributed by atoms with Crippen LogP contribution in [0.1, 0.15) is 17.3 Å². The van der Waals surface area contributed by atoms with E-state index < -0.39 is 0 Å². The summed E-state index contributed by atoms with van der Waals surface area (Å²) in [6.45, 7) is 1.43. The second kappa shape index (κ2) is 6.94. The van der Waals surface area contributed by atoms with Gasteiger partial charge in [0.1, 0.15) is 0 Å². The fourth-order valence-electron chi connectivity index (χ4n) is 2.73. The average molecular weight is 397 g/mol. The summed E-state index contributed by atoms with van der Waals surface area (Å²) in [6, 6.07) is 12.4. The van der Waals surface area contributed by atoms with Gasteiger partial charge in [-0.15, -0.1) is 0 Å². The normalized spacial score (nSPS) is 10.9. The quantitative estimate of drug-likeness (QED) is 0.525. The molecule has 0 aliphatic heterocycles. The molecule has 2 aromatic carbocycles. The SMILES string of the molecule is CC(=O)Nc1nc2ccc(NC(=O)c3cc(Cl)cc4cccnc34)cc2s1. The van der Waals surface area contributed by atoms with Gasteiger partial charge in [0.2, 0.25) is 5.91 Å². The van der Waals surface area contributed by atoms with Crippen LogP contribution in [0.3, 0.4) is 0 Å². The third kappa shape index (κ3) is 3.60. The van der Waals surface area contributed by atoms with E-state index in [1.165, 1.54) is 18.3 Å². The summed E-state index contributed by atoms with van der Waals surface area (Å²) in [7, 11) is 0. The Labute approximate surface area is 163 Å². The number of halogens is 1. The number of rotatable bonds is 3. The third-order valence-corrected chi connectivity index (χ3v) is 5.00. The number of amides is 2. The van der Waals surface area contributed by atoms with Gasteiger partial charge in [0, 0.05) is 29.2 Å². The number of hydrogen-bond donors (Lipinski definition) is 2. The summed E-state index contributed by atoms with van der Waals surface area (Å²) in [4.78, 5) is 32.6. The predicted molar refractivity (Wildman–Crippen MR) is 109 cm³/mol. The van der Waals surface area contributed by atoms with E-state index in [2.05, 4.69) is 20.6 Å². The molecule has 0 bridgehead atoms. The van der Waals surface area contributed by atoms with Crippen molar-refractivity contribution in [1.82, 2.24) is 9.97 Å². The Morgan fingerprint density at radius 3 is 2.78 bits per heavy atom. The first-order valence-corrected chi connectivity index (χ1v) is 9.23. The Morgan fingerprint density at radius 1 is 1.11 bits per heavy atom. The Morgan fingerprint density at radius 2 is 1.96 bits per heavy atom. The number of fused-ring (bicyclic) bond motifs is 2. The number of nitrogens with one attached hydrogen (secondary N) is 2. The van der Waals surface area contributed by atoms with E-state index in [9.17, 15) is 9.59 Å². The first-order chi connectivity index (χ1) is 13.0. The van der Waals surface area contributed by atoms with Gasteiger partial charge in [-0.2, -0.15) is 0 Å². The van der Waals surface area contributed by atoms with Crippen molar-refractivity contribution >= 4 is 66.7 Å². The number of benzene rings is 2. The molecule has 0 atom stereocenters. The molecule has 0 saturated carbocycles. The first-order valence-electron chi connectivity index (χ1n) is 8.03. The molecule has 0 fully saturated rings. The van der Waals surface area contributed by atoms with Gasteiger partial charge in [-0.3, -0.25) is 14.6 Å². The van der Waals surface area contributed by atoms with Crippen molar-refractivity contribution in [1.29, 1.82) is 0 Å². The lowest BCUT2D eigenvalue weighted by Crippen LogP contribution is -2.12. The van der Waals surface area contributed by atoms with Crippen molar-refractivity contribution < 1.29 is 9.59 Å². The molecule has 0 radical (unpaired) electrons. The minimum atomic E-state index is -0.299. The van der Waals surface area contributed by atoms with Crippen LogP contribution < -0.4 is 10.6 Å². The number of hydrogen-bond acceptors (Lipinski definition) is 5. The fraction of sp³-hybridized carbons (Fsp3) is 0.0526. The van der Waals surface area contributed by atoms with Crippen LogP contribution in [0, 0.1) is 0 Å². The molecule has 4 aromatic rings. The number of pyridine rings is 1. The molecule has 0 aliphatic carbocycles. The lowest BCUT2D eigenvalue weighted by Gasteiger charge is -2.08. The van der Waals surface area contributed by atoms with Crippen LogP contribution in [0.15, 0.2) is 48.7 Å². The molecule has 134 valence electrons. The number of nitrogens with zero attached hydrogens (tertiary/aromatic N) is 2. The largest absolute Gasteiger partial charge is 0.322 e. The summed E-state index contributed by atoms with van der Waals surface area (Å²) in [5.74, 6) is -0.477. The molecule has 2 amide bonds. The van der Waals surface area contributed by atoms with Crippen LogP contribution in [0.5, 0.6) is 0 Å². The Hall–Kier alpha value is -3.03. The van der Waals surface area contributed by atoms with E-state index in [0.717, 1.165) is 15.6 Å². The van der Waals surface area contributed by atoms with Gasteiger partial charge in [0.25, 0.3) is 5.91 Å². The summed E-state index contributed by atoms with van der Waals surface area (Å²) in [5, 5.41) is 7.33. The summed E-state index contributed by atoms with van der Waals surface area (Å²) in [6.07, 6.45) is 1.64. The highest BCUT2D eigenvalue weighted by molar-refractivity contribution is 7.22. The van der Waals surface area contributed by atoms with Crippen molar-refractivity contribution in [2.24, 2.45) is 0 Å². The predicted octanol–water partition coefficient (Wildman–Crippen LogP) is 4.71. The number of aromatic nitrogens is 2. The fourth-order valence-corrected chi connectivity index (χ4v) is 3.91. The lowest BCUT2D eigenvalue weighted by atomic mass is 10.1. The van der Waals surface area contributed by atoms with Crippen LogP contribution in [-0.4, -0.2) is 21.8 Å². The highest BCUT2D eigenvalue weighted by atomic mass is 35.5. The second-order valence-electron chi connectivity index (χ2n) is 5.87. The van der Waals surface area contributed by atoms with Crippen LogP contribution in [0.25, 0.3) is 21.1 Å². The lowest BCUT2D eigenvalue weighted by molar-refractivity contribution is -0.114. The van der Waals surface area contributed by atoms with Gasteiger partial charge >= 0.3 is 0 Å². The van der Waals surface area contributed by atoms with Gasteiger partial charge < -0.3 is 10.6 Å². The van der Waals surface area contributed by atoms with Crippen molar-refractivity contribution in [3.8, 4) is 0 Å². The zero-order valence-electron chi connectivity index (χ0n) is 14.1. The molecular formula is C19H13ClN4O2S. The van der Waals surface area contributed by atoms with Gasteiger partial charge in [0.05, 0.1) is 21.3 Å². The summed E-state index contributed by atoms with van der Waals surface area (Å²) < 4.78 is 0.852. The molecule has 2 aromatic heterocycles. The van der Waals surface area contributed by atoms with Crippen molar-refractivity contribution in [3.63, 3.8) is 0 Å². The number of carbonyl (C=O) groups excluding carboxylic acids is 2. The maximum Gasteiger partial charge on any atom is 0.257 e. The molecule has 0 aliphatic rings. The van der Waals surface area contributed by atoms with Crippen LogP contribution >= 0.6 is 22.9 Å². The molecule has 0 saturated heterocycles. The minimum absolute atomic E-state index is 0.178. The number of carbonyl (C=O) groups is 2. The zero-order chi connectivity index (χ0) is 19.0. The molecule has 27 heavy (non-hydrogen) atoms. The third-order valence-electron chi connectivity index (χ3n) is 3.84. The minimum Gasteiger partial charge on any atom is -0.322 e. The van der Waals surface area contributed by atoms with Gasteiger partial charge in [-0.25, -0.2) is 4.98 Å². The van der Waals surface area contributed by atoms with E-state index >= 15 is 0 Å². The van der Waals surface area contributed by atoms with Crippen molar-refractivity contribution in [2.45, 2.75) is 6.92 Å². The first kappa shape index (κ1) is 17.4. The highest BCUT2D eigenvalue weighted by Crippen LogP contribution is 2.29. The zero-order valence-corrected chi connectivity index (χ0v) is 15.7. The molecule has 2 heterocycles. The maximum absolute atomic E-state index is 12.8. The average Bonchev–Trinajstić information content (AvgIpc) is 3.01.